The number of benzene rings is 3. The van der Waals surface area contributed by atoms with Gasteiger partial charge in [0.1, 0.15) is 10.7 Å². The zero-order chi connectivity index (χ0) is 22.0. The molecule has 0 radical (unpaired) electrons. The van der Waals surface area contributed by atoms with E-state index in [1.165, 1.54) is 22.5 Å². The van der Waals surface area contributed by atoms with Gasteiger partial charge in [0.2, 0.25) is 15.9 Å². The number of hydrogen-bond donors (Lipinski definition) is 1. The maximum absolute atomic E-state index is 14.0. The number of carbonyl (C=O) groups is 1. The first-order valence-electron chi connectivity index (χ1n) is 10.4. The van der Waals surface area contributed by atoms with Crippen LogP contribution in [0.3, 0.4) is 0 Å². The minimum Gasteiger partial charge on any atom is -0.349 e. The first-order valence-corrected chi connectivity index (χ1v) is 11.8. The topological polar surface area (TPSA) is 66.5 Å². The van der Waals surface area contributed by atoms with Gasteiger partial charge < -0.3 is 5.32 Å². The van der Waals surface area contributed by atoms with Gasteiger partial charge in [-0.05, 0) is 54.3 Å². The van der Waals surface area contributed by atoms with Crippen molar-refractivity contribution in [2.24, 2.45) is 5.92 Å². The summed E-state index contributed by atoms with van der Waals surface area (Å²) in [6.07, 6.45) is 0.813. The van der Waals surface area contributed by atoms with E-state index in [1.807, 2.05) is 43.3 Å². The first kappa shape index (κ1) is 21.5. The Balaban J connectivity index is 1.38. The highest BCUT2D eigenvalue weighted by atomic mass is 32.2. The molecule has 4 rings (SSSR count). The Bertz CT molecular complexity index is 1200. The second kappa shape index (κ2) is 8.77. The van der Waals surface area contributed by atoms with Crippen LogP contribution in [0.15, 0.2) is 71.6 Å². The predicted molar refractivity (Wildman–Crippen MR) is 118 cm³/mol. The zero-order valence-electron chi connectivity index (χ0n) is 17.3. The quantitative estimate of drug-likeness (QED) is 0.645. The lowest BCUT2D eigenvalue weighted by Crippen LogP contribution is -2.43. The second-order valence-electron chi connectivity index (χ2n) is 7.95. The van der Waals surface area contributed by atoms with Crippen LogP contribution >= 0.6 is 0 Å². The normalized spacial score (nSPS) is 16.8. The van der Waals surface area contributed by atoms with Crippen LogP contribution in [-0.4, -0.2) is 31.7 Å². The molecule has 1 aliphatic rings. The molecule has 0 bridgehead atoms. The number of nitrogens with zero attached hydrogens (tertiary/aromatic N) is 1. The van der Waals surface area contributed by atoms with Crippen molar-refractivity contribution in [2.75, 3.05) is 13.1 Å². The summed E-state index contributed by atoms with van der Waals surface area (Å²) in [4.78, 5) is 12.5. The first-order chi connectivity index (χ1) is 14.9. The third-order valence-electron chi connectivity index (χ3n) is 5.91. The number of halogens is 1. The second-order valence-corrected chi connectivity index (χ2v) is 9.85. The Morgan fingerprint density at radius 1 is 1.00 bits per heavy atom. The van der Waals surface area contributed by atoms with Crippen LogP contribution in [0.1, 0.15) is 31.4 Å². The van der Waals surface area contributed by atoms with Gasteiger partial charge in [-0.1, -0.05) is 48.5 Å². The number of piperidine rings is 1. The SMILES string of the molecule is C[C@H](NC(=O)C1CCN(S(=O)(=O)c2ccccc2F)CC1)c1ccc2ccccc2c1. The minimum atomic E-state index is -3.90. The van der Waals surface area contributed by atoms with Gasteiger partial charge in [0.05, 0.1) is 6.04 Å². The lowest BCUT2D eigenvalue weighted by molar-refractivity contribution is -0.126. The molecule has 3 aromatic rings. The van der Waals surface area contributed by atoms with Crippen molar-refractivity contribution in [3.8, 4) is 0 Å². The van der Waals surface area contributed by atoms with Gasteiger partial charge in [0, 0.05) is 19.0 Å². The summed E-state index contributed by atoms with van der Waals surface area (Å²) in [5.41, 5.74) is 1.02. The van der Waals surface area contributed by atoms with E-state index in [-0.39, 0.29) is 35.9 Å². The maximum atomic E-state index is 14.0. The molecule has 31 heavy (non-hydrogen) atoms. The Hall–Kier alpha value is -2.77. The molecule has 1 heterocycles. The number of nitrogens with one attached hydrogen (secondary N) is 1. The molecule has 1 amide bonds. The molecule has 1 saturated heterocycles. The van der Waals surface area contributed by atoms with Gasteiger partial charge >= 0.3 is 0 Å². The summed E-state index contributed by atoms with van der Waals surface area (Å²) < 4.78 is 40.7. The standard InChI is InChI=1S/C24H25FN2O3S/c1-17(20-11-10-18-6-2-3-7-21(18)16-20)26-24(28)19-12-14-27(15-13-19)31(29,30)23-9-5-4-8-22(23)25/h2-11,16-17,19H,12-15H2,1H3,(H,26,28)/t17-/m0/s1. The molecule has 0 unspecified atom stereocenters. The molecule has 3 aromatic carbocycles. The highest BCUT2D eigenvalue weighted by Crippen LogP contribution is 2.26. The van der Waals surface area contributed by atoms with E-state index in [9.17, 15) is 17.6 Å². The Morgan fingerprint density at radius 2 is 1.65 bits per heavy atom. The molecule has 1 aliphatic heterocycles. The molecule has 1 N–H and O–H groups in total. The van der Waals surface area contributed by atoms with E-state index >= 15 is 0 Å². The van der Waals surface area contributed by atoms with Gasteiger partial charge in [0.25, 0.3) is 0 Å². The van der Waals surface area contributed by atoms with Crippen molar-refractivity contribution in [3.05, 3.63) is 78.1 Å². The molecule has 1 fully saturated rings. The van der Waals surface area contributed by atoms with Crippen molar-refractivity contribution in [1.82, 2.24) is 9.62 Å². The summed E-state index contributed by atoms with van der Waals surface area (Å²) in [5.74, 6) is -1.11. The van der Waals surface area contributed by atoms with Crippen molar-refractivity contribution in [1.29, 1.82) is 0 Å². The smallest absolute Gasteiger partial charge is 0.245 e. The van der Waals surface area contributed by atoms with E-state index in [0.717, 1.165) is 22.4 Å². The summed E-state index contributed by atoms with van der Waals surface area (Å²) >= 11 is 0. The van der Waals surface area contributed by atoms with E-state index in [4.69, 9.17) is 0 Å². The van der Waals surface area contributed by atoms with Crippen LogP contribution < -0.4 is 5.32 Å². The average Bonchev–Trinajstić information content (AvgIpc) is 2.79. The third kappa shape index (κ3) is 4.48. The summed E-state index contributed by atoms with van der Waals surface area (Å²) in [6.45, 7) is 2.33. The van der Waals surface area contributed by atoms with Crippen molar-refractivity contribution >= 4 is 26.7 Å². The number of sulfonamides is 1. The molecule has 7 heteroatoms. The van der Waals surface area contributed by atoms with Gasteiger partial charge in [-0.2, -0.15) is 4.31 Å². The fraction of sp³-hybridized carbons (Fsp3) is 0.292. The highest BCUT2D eigenvalue weighted by molar-refractivity contribution is 7.89. The highest BCUT2D eigenvalue weighted by Gasteiger charge is 2.33. The van der Waals surface area contributed by atoms with Gasteiger partial charge in [-0.3, -0.25) is 4.79 Å². The number of hydrogen-bond acceptors (Lipinski definition) is 3. The number of rotatable bonds is 5. The summed E-state index contributed by atoms with van der Waals surface area (Å²) in [6, 6.07) is 19.4. The van der Waals surface area contributed by atoms with Gasteiger partial charge in [-0.15, -0.1) is 0 Å². The van der Waals surface area contributed by atoms with Crippen molar-refractivity contribution < 1.29 is 17.6 Å². The van der Waals surface area contributed by atoms with Gasteiger partial charge in [-0.25, -0.2) is 12.8 Å². The lowest BCUT2D eigenvalue weighted by atomic mass is 9.96. The molecule has 0 aromatic heterocycles. The Kier molecular flexibility index (Phi) is 6.07. The van der Waals surface area contributed by atoms with Crippen LogP contribution in [0.4, 0.5) is 4.39 Å². The van der Waals surface area contributed by atoms with Crippen molar-refractivity contribution in [3.63, 3.8) is 0 Å². The summed E-state index contributed by atoms with van der Waals surface area (Å²) in [7, 11) is -3.90. The lowest BCUT2D eigenvalue weighted by Gasteiger charge is -2.31. The molecule has 0 aliphatic carbocycles. The van der Waals surface area contributed by atoms with E-state index in [2.05, 4.69) is 11.4 Å². The van der Waals surface area contributed by atoms with E-state index in [0.29, 0.717) is 12.8 Å². The van der Waals surface area contributed by atoms with Crippen molar-refractivity contribution in [2.45, 2.75) is 30.7 Å². The predicted octanol–water partition coefficient (Wildman–Crippen LogP) is 4.26. The van der Waals surface area contributed by atoms with Crippen LogP contribution in [0.25, 0.3) is 10.8 Å². The number of fused-ring (bicyclic) bond motifs is 1. The maximum Gasteiger partial charge on any atom is 0.245 e. The monoisotopic (exact) mass is 440 g/mol. The van der Waals surface area contributed by atoms with Crippen LogP contribution in [0, 0.1) is 11.7 Å². The van der Waals surface area contributed by atoms with E-state index < -0.39 is 15.8 Å². The third-order valence-corrected chi connectivity index (χ3v) is 7.84. The summed E-state index contributed by atoms with van der Waals surface area (Å²) in [5, 5.41) is 5.32. The zero-order valence-corrected chi connectivity index (χ0v) is 18.1. The molecule has 5 nitrogen and oxygen atoms in total. The minimum absolute atomic E-state index is 0.0800. The fourth-order valence-electron chi connectivity index (χ4n) is 4.04. The van der Waals surface area contributed by atoms with Gasteiger partial charge in [0.15, 0.2) is 0 Å². The largest absolute Gasteiger partial charge is 0.349 e. The Morgan fingerprint density at radius 3 is 2.35 bits per heavy atom. The number of carbonyl (C=O) groups excluding carboxylic acids is 1. The number of amides is 1. The molecular formula is C24H25FN2O3S. The molecule has 162 valence electrons. The Labute approximate surface area is 181 Å². The van der Waals surface area contributed by atoms with Crippen LogP contribution in [0.2, 0.25) is 0 Å². The van der Waals surface area contributed by atoms with Crippen LogP contribution in [-0.2, 0) is 14.8 Å². The molecular weight excluding hydrogens is 415 g/mol. The van der Waals surface area contributed by atoms with E-state index in [1.54, 1.807) is 0 Å². The van der Waals surface area contributed by atoms with Crippen LogP contribution in [0.5, 0.6) is 0 Å². The average molecular weight is 441 g/mol. The molecule has 0 spiro atoms. The molecule has 0 saturated carbocycles. The fourth-order valence-corrected chi connectivity index (χ4v) is 5.58. The molecule has 1 atom stereocenters.